The Hall–Kier alpha value is -5.40. The summed E-state index contributed by atoms with van der Waals surface area (Å²) in [5.74, 6) is 1.70. The van der Waals surface area contributed by atoms with Crippen LogP contribution in [0.2, 0.25) is 0 Å². The van der Waals surface area contributed by atoms with Crippen LogP contribution in [0.15, 0.2) is 133 Å². The summed E-state index contributed by atoms with van der Waals surface area (Å²) in [4.78, 5) is 0. The predicted octanol–water partition coefficient (Wildman–Crippen LogP) is 11.3. The standard InChI is InChI=1S/C40H26O/c1-2-11-30-23-20-28-21-24-31-12-8-18-35(38(31)26-28)39-33-14-3-5-16-36(33)40(37-17-6-4-15-34(37)39)41-32-13-7-9-27(25-32)19-22-29(30)10-1/h1-26H. The van der Waals surface area contributed by atoms with Crippen molar-refractivity contribution in [3.63, 3.8) is 0 Å². The third-order valence-corrected chi connectivity index (χ3v) is 8.04. The van der Waals surface area contributed by atoms with Crippen molar-refractivity contribution >= 4 is 56.6 Å². The number of hydrogen-bond acceptors (Lipinski definition) is 1. The summed E-state index contributed by atoms with van der Waals surface area (Å²) >= 11 is 0. The summed E-state index contributed by atoms with van der Waals surface area (Å²) in [5.41, 5.74) is 7.07. The summed E-state index contributed by atoms with van der Waals surface area (Å²) in [6, 6.07) is 47.5. The largest absolute Gasteiger partial charge is 0.456 e. The molecule has 192 valence electrons. The zero-order valence-electron chi connectivity index (χ0n) is 22.4. The predicted molar refractivity (Wildman–Crippen MR) is 175 cm³/mol. The molecular formula is C40H26O. The second kappa shape index (κ2) is 9.66. The van der Waals surface area contributed by atoms with E-state index in [-0.39, 0.29) is 0 Å². The van der Waals surface area contributed by atoms with E-state index < -0.39 is 0 Å². The van der Waals surface area contributed by atoms with Gasteiger partial charge in [-0.05, 0) is 73.1 Å². The van der Waals surface area contributed by atoms with Crippen molar-refractivity contribution in [2.75, 3.05) is 0 Å². The number of benzene rings is 7. The number of hydrogen-bond donors (Lipinski definition) is 0. The van der Waals surface area contributed by atoms with E-state index in [0.717, 1.165) is 27.8 Å². The molecule has 0 N–H and O–H groups in total. The van der Waals surface area contributed by atoms with Crippen LogP contribution in [0.3, 0.4) is 0 Å². The average Bonchev–Trinajstić information content (AvgIpc) is 3.03. The van der Waals surface area contributed by atoms with Gasteiger partial charge in [0.2, 0.25) is 0 Å². The van der Waals surface area contributed by atoms with Crippen LogP contribution in [0, 0.1) is 0 Å². The van der Waals surface area contributed by atoms with Gasteiger partial charge < -0.3 is 4.74 Å². The highest BCUT2D eigenvalue weighted by atomic mass is 16.5. The zero-order chi connectivity index (χ0) is 27.2. The molecule has 7 aromatic carbocycles. The SMILES string of the molecule is C1=Cc2ccccc2C=Cc2ccc3cccc(c3c2)-c2c3ccccc3c(c3ccccc23)Oc2cccc1c2. The van der Waals surface area contributed by atoms with Gasteiger partial charge in [-0.2, -0.15) is 0 Å². The van der Waals surface area contributed by atoms with Crippen LogP contribution in [0.25, 0.3) is 67.7 Å². The first-order chi connectivity index (χ1) is 20.3. The Morgan fingerprint density at radius 2 is 1.00 bits per heavy atom. The van der Waals surface area contributed by atoms with Crippen molar-refractivity contribution in [1.29, 1.82) is 0 Å². The van der Waals surface area contributed by atoms with E-state index in [1.807, 2.05) is 6.07 Å². The minimum atomic E-state index is 0.819. The van der Waals surface area contributed by atoms with Gasteiger partial charge in [0.25, 0.3) is 0 Å². The molecule has 1 heteroatoms. The van der Waals surface area contributed by atoms with Gasteiger partial charge in [0.1, 0.15) is 11.5 Å². The molecule has 0 aliphatic carbocycles. The average molecular weight is 523 g/mol. The van der Waals surface area contributed by atoms with Crippen LogP contribution in [-0.4, -0.2) is 0 Å². The lowest BCUT2D eigenvalue weighted by Crippen LogP contribution is -1.93. The number of ether oxygens (including phenoxy) is 1. The molecule has 0 saturated heterocycles. The van der Waals surface area contributed by atoms with Crippen molar-refractivity contribution in [2.45, 2.75) is 0 Å². The zero-order valence-corrected chi connectivity index (χ0v) is 22.4. The number of rotatable bonds is 0. The molecule has 7 aromatic rings. The lowest BCUT2D eigenvalue weighted by Gasteiger charge is -2.19. The van der Waals surface area contributed by atoms with E-state index in [9.17, 15) is 0 Å². The molecule has 0 amide bonds. The highest BCUT2D eigenvalue weighted by molar-refractivity contribution is 6.20. The highest BCUT2D eigenvalue weighted by Crippen LogP contribution is 2.46. The Balaban J connectivity index is 1.50. The molecule has 6 bridgehead atoms. The molecule has 2 aliphatic rings. The summed E-state index contributed by atoms with van der Waals surface area (Å²) in [6.45, 7) is 0. The fraction of sp³-hybridized carbons (Fsp3) is 0. The second-order valence-corrected chi connectivity index (χ2v) is 10.6. The van der Waals surface area contributed by atoms with Gasteiger partial charge in [0.15, 0.2) is 0 Å². The van der Waals surface area contributed by atoms with E-state index in [4.69, 9.17) is 4.74 Å². The molecular weight excluding hydrogens is 496 g/mol. The maximum atomic E-state index is 6.78. The highest BCUT2D eigenvalue weighted by Gasteiger charge is 2.18. The van der Waals surface area contributed by atoms with Gasteiger partial charge in [-0.1, -0.05) is 140 Å². The smallest absolute Gasteiger partial charge is 0.143 e. The maximum absolute atomic E-state index is 6.78. The molecule has 41 heavy (non-hydrogen) atoms. The molecule has 1 nitrogen and oxygen atoms in total. The van der Waals surface area contributed by atoms with Crippen LogP contribution in [0.4, 0.5) is 0 Å². The third kappa shape index (κ3) is 4.11. The molecule has 2 heterocycles. The van der Waals surface area contributed by atoms with Gasteiger partial charge in [-0.25, -0.2) is 0 Å². The minimum Gasteiger partial charge on any atom is -0.456 e. The van der Waals surface area contributed by atoms with Gasteiger partial charge >= 0.3 is 0 Å². The van der Waals surface area contributed by atoms with Gasteiger partial charge in [0.05, 0.1) is 0 Å². The van der Waals surface area contributed by atoms with Gasteiger partial charge in [0, 0.05) is 10.8 Å². The van der Waals surface area contributed by atoms with Crippen LogP contribution < -0.4 is 4.74 Å². The molecule has 0 aromatic heterocycles. The van der Waals surface area contributed by atoms with Crippen LogP contribution in [0.1, 0.15) is 22.3 Å². The van der Waals surface area contributed by atoms with Crippen LogP contribution in [0.5, 0.6) is 11.5 Å². The molecule has 0 atom stereocenters. The monoisotopic (exact) mass is 522 g/mol. The molecule has 0 saturated carbocycles. The molecule has 0 radical (unpaired) electrons. The van der Waals surface area contributed by atoms with E-state index in [2.05, 4.69) is 152 Å². The van der Waals surface area contributed by atoms with Crippen molar-refractivity contribution in [1.82, 2.24) is 0 Å². The lowest BCUT2D eigenvalue weighted by atomic mass is 9.88. The Kier molecular flexibility index (Phi) is 5.53. The minimum absolute atomic E-state index is 0.819. The first-order valence-electron chi connectivity index (χ1n) is 14.0. The Labute approximate surface area is 239 Å². The maximum Gasteiger partial charge on any atom is 0.143 e. The quantitative estimate of drug-likeness (QED) is 0.180. The molecule has 9 rings (SSSR count). The third-order valence-electron chi connectivity index (χ3n) is 8.04. The van der Waals surface area contributed by atoms with Crippen molar-refractivity contribution < 1.29 is 4.74 Å². The molecule has 0 spiro atoms. The van der Waals surface area contributed by atoms with E-state index in [1.54, 1.807) is 0 Å². The topological polar surface area (TPSA) is 9.23 Å². The van der Waals surface area contributed by atoms with E-state index >= 15 is 0 Å². The Morgan fingerprint density at radius 3 is 1.71 bits per heavy atom. The second-order valence-electron chi connectivity index (χ2n) is 10.6. The summed E-state index contributed by atoms with van der Waals surface area (Å²) in [5, 5.41) is 7.03. The molecule has 2 aliphatic heterocycles. The van der Waals surface area contributed by atoms with Gasteiger partial charge in [-0.15, -0.1) is 0 Å². The molecule has 0 fully saturated rings. The lowest BCUT2D eigenvalue weighted by molar-refractivity contribution is 0.493. The summed E-state index contributed by atoms with van der Waals surface area (Å²) in [7, 11) is 0. The first-order valence-corrected chi connectivity index (χ1v) is 14.0. The van der Waals surface area contributed by atoms with E-state index in [1.165, 1.54) is 49.4 Å². The Morgan fingerprint density at radius 1 is 0.390 bits per heavy atom. The van der Waals surface area contributed by atoms with Crippen molar-refractivity contribution in [3.05, 3.63) is 156 Å². The van der Waals surface area contributed by atoms with Crippen LogP contribution in [-0.2, 0) is 0 Å². The summed E-state index contributed by atoms with van der Waals surface area (Å²) in [6.07, 6.45) is 8.77. The van der Waals surface area contributed by atoms with Crippen molar-refractivity contribution in [3.8, 4) is 22.6 Å². The first kappa shape index (κ1) is 23.5. The van der Waals surface area contributed by atoms with E-state index in [0.29, 0.717) is 0 Å². The van der Waals surface area contributed by atoms with Crippen molar-refractivity contribution in [2.24, 2.45) is 0 Å². The van der Waals surface area contributed by atoms with Crippen LogP contribution >= 0.6 is 0 Å². The van der Waals surface area contributed by atoms with Gasteiger partial charge in [-0.3, -0.25) is 0 Å². The fourth-order valence-corrected chi connectivity index (χ4v) is 6.09. The molecule has 0 unspecified atom stereocenters. The summed E-state index contributed by atoms with van der Waals surface area (Å²) < 4.78 is 6.78. The Bertz CT molecular complexity index is 2120. The normalized spacial score (nSPS) is 12.4. The fourth-order valence-electron chi connectivity index (χ4n) is 6.09.